The van der Waals surface area contributed by atoms with E-state index in [0.29, 0.717) is 6.42 Å². The second-order valence-electron chi connectivity index (χ2n) is 21.6. The number of esters is 2. The highest BCUT2D eigenvalue weighted by atomic mass is 31.2. The fourth-order valence-electron chi connectivity index (χ4n) is 9.69. The molecule has 0 amide bonds. The van der Waals surface area contributed by atoms with E-state index in [0.717, 1.165) is 32.1 Å². The molecule has 2 unspecified atom stereocenters. The zero-order chi connectivity index (χ0) is 52.4. The van der Waals surface area contributed by atoms with E-state index in [4.69, 9.17) is 24.3 Å². The molecular weight excluding hydrogens is 918 g/mol. The van der Waals surface area contributed by atoms with Gasteiger partial charge in [0.25, 0.3) is 0 Å². The van der Waals surface area contributed by atoms with Crippen molar-refractivity contribution < 1.29 is 37.6 Å². The molecule has 2 atom stereocenters. The summed E-state index contributed by atoms with van der Waals surface area (Å²) in [5.74, 6) is -0.803. The number of unbranched alkanes of at least 4 members (excludes halogenated alkanes) is 46. The first kappa shape index (κ1) is 70.8. The first-order valence-electron chi connectivity index (χ1n) is 31.7. The van der Waals surface area contributed by atoms with E-state index in [2.05, 4.69) is 26.0 Å². The van der Waals surface area contributed by atoms with Crippen molar-refractivity contribution >= 4 is 19.8 Å². The van der Waals surface area contributed by atoms with Gasteiger partial charge in [0.2, 0.25) is 0 Å². The Kier molecular flexibility index (Phi) is 58.0. The van der Waals surface area contributed by atoms with Crippen LogP contribution in [0.5, 0.6) is 0 Å². The number of phosphoric ester groups is 1. The summed E-state index contributed by atoms with van der Waals surface area (Å²) in [4.78, 5) is 35.2. The zero-order valence-electron chi connectivity index (χ0n) is 48.0. The first-order chi connectivity index (χ1) is 35.3. The molecule has 0 spiro atoms. The highest BCUT2D eigenvalue weighted by molar-refractivity contribution is 7.47. The molecule has 0 radical (unpaired) electrons. The summed E-state index contributed by atoms with van der Waals surface area (Å²) in [6.07, 6.45) is 68.7. The normalized spacial score (nSPS) is 13.0. The van der Waals surface area contributed by atoms with E-state index >= 15 is 0 Å². The summed E-state index contributed by atoms with van der Waals surface area (Å²) < 4.78 is 33.1. The van der Waals surface area contributed by atoms with Crippen molar-refractivity contribution in [2.24, 2.45) is 5.73 Å². The van der Waals surface area contributed by atoms with Crippen LogP contribution in [0.2, 0.25) is 0 Å². The van der Waals surface area contributed by atoms with Crippen molar-refractivity contribution in [3.05, 3.63) is 12.2 Å². The lowest BCUT2D eigenvalue weighted by molar-refractivity contribution is -0.161. The van der Waals surface area contributed by atoms with E-state index in [9.17, 15) is 19.0 Å². The van der Waals surface area contributed by atoms with E-state index in [-0.39, 0.29) is 38.6 Å². The largest absolute Gasteiger partial charge is 0.472 e. The number of hydrogen-bond donors (Lipinski definition) is 2. The monoisotopic (exact) mass is 1040 g/mol. The average molecular weight is 1040 g/mol. The maximum Gasteiger partial charge on any atom is 0.472 e. The molecule has 0 fully saturated rings. The third kappa shape index (κ3) is 58.0. The molecule has 0 heterocycles. The van der Waals surface area contributed by atoms with Gasteiger partial charge in [0.15, 0.2) is 6.10 Å². The first-order valence-corrected chi connectivity index (χ1v) is 33.2. The molecule has 0 saturated heterocycles. The molecule has 0 bridgehead atoms. The van der Waals surface area contributed by atoms with Crippen LogP contribution in [0.25, 0.3) is 0 Å². The van der Waals surface area contributed by atoms with Gasteiger partial charge in [-0.15, -0.1) is 0 Å². The fraction of sp³-hybridized carbons (Fsp3) is 0.935. The summed E-state index contributed by atoms with van der Waals surface area (Å²) in [5, 5.41) is 0. The van der Waals surface area contributed by atoms with Crippen LogP contribution in [0.15, 0.2) is 12.2 Å². The fourth-order valence-corrected chi connectivity index (χ4v) is 10.5. The van der Waals surface area contributed by atoms with Gasteiger partial charge in [0.1, 0.15) is 6.61 Å². The van der Waals surface area contributed by atoms with Crippen molar-refractivity contribution in [2.75, 3.05) is 26.4 Å². The van der Waals surface area contributed by atoms with Crippen LogP contribution in [0, 0.1) is 0 Å². The van der Waals surface area contributed by atoms with Crippen molar-refractivity contribution in [1.29, 1.82) is 0 Å². The zero-order valence-corrected chi connectivity index (χ0v) is 48.8. The van der Waals surface area contributed by atoms with Crippen molar-refractivity contribution in [1.82, 2.24) is 0 Å². The third-order valence-electron chi connectivity index (χ3n) is 14.4. The van der Waals surface area contributed by atoms with Gasteiger partial charge in [-0.05, 0) is 38.5 Å². The molecule has 9 nitrogen and oxygen atoms in total. The Labute approximate surface area is 447 Å². The second-order valence-corrected chi connectivity index (χ2v) is 23.1. The molecule has 0 saturated carbocycles. The quantitative estimate of drug-likeness (QED) is 0.0264. The van der Waals surface area contributed by atoms with Crippen LogP contribution >= 0.6 is 7.82 Å². The van der Waals surface area contributed by atoms with E-state index in [1.165, 1.54) is 276 Å². The summed E-state index contributed by atoms with van der Waals surface area (Å²) in [7, 11) is -4.38. The predicted molar refractivity (Wildman–Crippen MR) is 308 cm³/mol. The number of carbonyl (C=O) groups is 2. The predicted octanol–water partition coefficient (Wildman–Crippen LogP) is 20.0. The standard InChI is InChI=1S/C62H122NO8P/c1-3-5-7-9-11-13-15-17-19-21-23-24-25-26-27-28-29-30-31-32-33-34-35-36-37-39-41-43-45-47-49-51-53-55-62(65)71-60(59-70-72(66,67)69-57-56-63)58-68-61(64)54-52-50-48-46-44-42-40-38-22-20-18-16-14-12-10-8-6-4-2/h21,23,60H,3-20,22,24-59,63H2,1-2H3,(H,66,67)/b23-21-. The van der Waals surface area contributed by atoms with Gasteiger partial charge in [0.05, 0.1) is 13.2 Å². The van der Waals surface area contributed by atoms with Gasteiger partial charge >= 0.3 is 19.8 Å². The number of rotatable bonds is 61. The maximum atomic E-state index is 12.7. The van der Waals surface area contributed by atoms with Gasteiger partial charge in [-0.3, -0.25) is 18.6 Å². The smallest absolute Gasteiger partial charge is 0.462 e. The summed E-state index contributed by atoms with van der Waals surface area (Å²) in [6.45, 7) is 3.82. The van der Waals surface area contributed by atoms with Gasteiger partial charge in [-0.2, -0.15) is 0 Å². The number of phosphoric acid groups is 1. The van der Waals surface area contributed by atoms with Crippen LogP contribution in [-0.4, -0.2) is 49.3 Å². The third-order valence-corrected chi connectivity index (χ3v) is 15.4. The lowest BCUT2D eigenvalue weighted by Gasteiger charge is -2.19. The second kappa shape index (κ2) is 59.0. The van der Waals surface area contributed by atoms with Crippen LogP contribution in [-0.2, 0) is 32.7 Å². The van der Waals surface area contributed by atoms with Gasteiger partial charge < -0.3 is 20.1 Å². The minimum atomic E-state index is -4.38. The van der Waals surface area contributed by atoms with Crippen molar-refractivity contribution in [3.8, 4) is 0 Å². The number of ether oxygens (including phenoxy) is 2. The Morgan fingerprint density at radius 3 is 0.986 bits per heavy atom. The van der Waals surface area contributed by atoms with Gasteiger partial charge in [-0.25, -0.2) is 4.57 Å². The number of carbonyl (C=O) groups excluding carboxylic acids is 2. The lowest BCUT2D eigenvalue weighted by Crippen LogP contribution is -2.29. The Morgan fingerprint density at radius 1 is 0.403 bits per heavy atom. The highest BCUT2D eigenvalue weighted by Gasteiger charge is 2.26. The van der Waals surface area contributed by atoms with Crippen molar-refractivity contribution in [3.63, 3.8) is 0 Å². The molecule has 0 aromatic heterocycles. The Balaban J connectivity index is 3.81. The average Bonchev–Trinajstić information content (AvgIpc) is 3.37. The van der Waals surface area contributed by atoms with Crippen molar-refractivity contribution in [2.45, 2.75) is 347 Å². The molecule has 0 aliphatic heterocycles. The maximum absolute atomic E-state index is 12.7. The van der Waals surface area contributed by atoms with Crippen LogP contribution in [0.3, 0.4) is 0 Å². The molecular formula is C62H122NO8P. The van der Waals surface area contributed by atoms with E-state index in [1.807, 2.05) is 0 Å². The van der Waals surface area contributed by atoms with E-state index in [1.54, 1.807) is 0 Å². The summed E-state index contributed by atoms with van der Waals surface area (Å²) >= 11 is 0. The number of hydrogen-bond acceptors (Lipinski definition) is 8. The van der Waals surface area contributed by atoms with Crippen LogP contribution < -0.4 is 5.73 Å². The Bertz CT molecular complexity index is 1190. The van der Waals surface area contributed by atoms with E-state index < -0.39 is 26.5 Å². The van der Waals surface area contributed by atoms with Crippen LogP contribution in [0.4, 0.5) is 0 Å². The molecule has 10 heteroatoms. The minimum Gasteiger partial charge on any atom is -0.462 e. The Morgan fingerprint density at radius 2 is 0.681 bits per heavy atom. The molecule has 0 aliphatic rings. The summed E-state index contributed by atoms with van der Waals surface area (Å²) in [5.41, 5.74) is 5.39. The van der Waals surface area contributed by atoms with Crippen LogP contribution in [0.1, 0.15) is 341 Å². The topological polar surface area (TPSA) is 134 Å². The van der Waals surface area contributed by atoms with Gasteiger partial charge in [-0.1, -0.05) is 302 Å². The molecule has 0 aromatic rings. The highest BCUT2D eigenvalue weighted by Crippen LogP contribution is 2.43. The molecule has 72 heavy (non-hydrogen) atoms. The molecule has 428 valence electrons. The number of allylic oxidation sites excluding steroid dienone is 2. The SMILES string of the molecule is CCCCCCCCCC/C=C\CCCCCCCCCCCCCCCCCCCCCCCC(=O)OC(COC(=O)CCCCCCCCCCCCCCCCCCCC)COP(=O)(O)OCCN. The minimum absolute atomic E-state index is 0.0578. The van der Waals surface area contributed by atoms with Gasteiger partial charge in [0, 0.05) is 19.4 Å². The molecule has 0 rings (SSSR count). The molecule has 0 aromatic carbocycles. The molecule has 0 aliphatic carbocycles. The Hall–Kier alpha value is -1.25. The molecule has 3 N–H and O–H groups in total. The number of nitrogens with two attached hydrogens (primary N) is 1. The lowest BCUT2D eigenvalue weighted by atomic mass is 10.0. The summed E-state index contributed by atoms with van der Waals surface area (Å²) in [6, 6.07) is 0.